The Morgan fingerprint density at radius 1 is 1.00 bits per heavy atom. The second kappa shape index (κ2) is 10.0. The molecule has 1 N–H and O–H groups in total. The van der Waals surface area contributed by atoms with Crippen LogP contribution in [0.4, 0.5) is 0 Å². The third-order valence-electron chi connectivity index (χ3n) is 5.85. The summed E-state index contributed by atoms with van der Waals surface area (Å²) >= 11 is 0. The topological polar surface area (TPSA) is 70.7 Å². The Morgan fingerprint density at radius 3 is 2.32 bits per heavy atom. The number of para-hydroxylation sites is 1. The molecule has 4 rings (SSSR count). The maximum absolute atomic E-state index is 13.0. The number of hydrogen-bond acceptors (Lipinski definition) is 3. The van der Waals surface area contributed by atoms with Gasteiger partial charge in [-0.25, -0.2) is 4.68 Å². The molecule has 3 aromatic carbocycles. The van der Waals surface area contributed by atoms with Crippen LogP contribution in [0.25, 0.3) is 23.0 Å². The average Bonchev–Trinajstić information content (AvgIpc) is 3.29. The number of rotatable bonds is 6. The molecule has 0 saturated carbocycles. The first kappa shape index (κ1) is 22.8. The van der Waals surface area contributed by atoms with E-state index in [9.17, 15) is 10.1 Å². The van der Waals surface area contributed by atoms with Gasteiger partial charge in [0.05, 0.1) is 17.4 Å². The van der Waals surface area contributed by atoms with E-state index in [-0.39, 0.29) is 11.6 Å². The van der Waals surface area contributed by atoms with E-state index in [1.54, 1.807) is 10.8 Å². The number of nitrogens with one attached hydrogen (secondary N) is 1. The summed E-state index contributed by atoms with van der Waals surface area (Å²) in [7, 11) is 0. The summed E-state index contributed by atoms with van der Waals surface area (Å²) in [4.78, 5) is 13.0. The lowest BCUT2D eigenvalue weighted by atomic mass is 10.0. The van der Waals surface area contributed by atoms with Gasteiger partial charge >= 0.3 is 0 Å². The first-order chi connectivity index (χ1) is 16.5. The molecule has 34 heavy (non-hydrogen) atoms. The summed E-state index contributed by atoms with van der Waals surface area (Å²) in [5.41, 5.74) is 6.58. The molecular formula is C29H26N4O. The van der Waals surface area contributed by atoms with E-state index in [0.717, 1.165) is 22.4 Å². The van der Waals surface area contributed by atoms with Crippen molar-refractivity contribution in [2.24, 2.45) is 0 Å². The summed E-state index contributed by atoms with van der Waals surface area (Å²) in [6.45, 7) is 6.02. The van der Waals surface area contributed by atoms with E-state index < -0.39 is 5.91 Å². The zero-order valence-corrected chi connectivity index (χ0v) is 19.5. The Balaban J connectivity index is 1.68. The van der Waals surface area contributed by atoms with Gasteiger partial charge in [-0.05, 0) is 55.7 Å². The maximum Gasteiger partial charge on any atom is 0.262 e. The molecule has 0 aliphatic rings. The fourth-order valence-electron chi connectivity index (χ4n) is 3.72. The van der Waals surface area contributed by atoms with Gasteiger partial charge in [0.25, 0.3) is 5.91 Å². The minimum Gasteiger partial charge on any atom is -0.345 e. The lowest BCUT2D eigenvalue weighted by Crippen LogP contribution is -2.27. The Hall–Kier alpha value is -4.43. The van der Waals surface area contributed by atoms with E-state index >= 15 is 0 Å². The van der Waals surface area contributed by atoms with Crippen LogP contribution in [0, 0.1) is 25.2 Å². The molecule has 5 heteroatoms. The second-order valence-corrected chi connectivity index (χ2v) is 8.29. The summed E-state index contributed by atoms with van der Waals surface area (Å²) in [6.07, 6.45) is 3.45. The molecule has 0 aliphatic carbocycles. The van der Waals surface area contributed by atoms with E-state index in [0.29, 0.717) is 11.3 Å². The molecule has 1 amide bonds. The van der Waals surface area contributed by atoms with Crippen molar-refractivity contribution < 1.29 is 4.79 Å². The number of nitrogens with zero attached hydrogens (tertiary/aromatic N) is 3. The number of hydrogen-bond donors (Lipinski definition) is 1. The molecular weight excluding hydrogens is 420 g/mol. The summed E-state index contributed by atoms with van der Waals surface area (Å²) in [5.74, 6) is -0.417. The van der Waals surface area contributed by atoms with Crippen LogP contribution in [0.1, 0.15) is 35.2 Å². The Labute approximate surface area is 200 Å². The van der Waals surface area contributed by atoms with Gasteiger partial charge in [-0.2, -0.15) is 10.4 Å². The molecule has 1 atom stereocenters. The predicted molar refractivity (Wildman–Crippen MR) is 135 cm³/mol. The van der Waals surface area contributed by atoms with Crippen LogP contribution in [-0.4, -0.2) is 15.7 Å². The molecule has 0 fully saturated rings. The summed E-state index contributed by atoms with van der Waals surface area (Å²) in [6, 6.07) is 27.4. The minimum atomic E-state index is -0.417. The SMILES string of the molecule is Cc1ccc([C@H](C)NC(=O)/C(C#N)=C/c2cn(-c3ccccc3)nc2-c2ccccc2)cc1C. The van der Waals surface area contributed by atoms with Crippen molar-refractivity contribution in [1.82, 2.24) is 15.1 Å². The highest BCUT2D eigenvalue weighted by Crippen LogP contribution is 2.26. The number of benzene rings is 3. The van der Waals surface area contributed by atoms with Gasteiger partial charge in [0.1, 0.15) is 11.6 Å². The standard InChI is InChI=1S/C29H26N4O/c1-20-14-15-24(16-21(20)2)22(3)31-29(34)25(18-30)17-26-19-33(27-12-8-5-9-13-27)32-28(26)23-10-6-4-7-11-23/h4-17,19,22H,1-3H3,(H,31,34)/b25-17+/t22-/m0/s1. The highest BCUT2D eigenvalue weighted by molar-refractivity contribution is 6.02. The van der Waals surface area contributed by atoms with E-state index in [2.05, 4.69) is 24.4 Å². The molecule has 168 valence electrons. The molecule has 0 spiro atoms. The predicted octanol–water partition coefficient (Wildman–Crippen LogP) is 5.94. The summed E-state index contributed by atoms with van der Waals surface area (Å²) in [5, 5.41) is 17.5. The monoisotopic (exact) mass is 446 g/mol. The van der Waals surface area contributed by atoms with Gasteiger partial charge in [-0.1, -0.05) is 66.7 Å². The zero-order chi connectivity index (χ0) is 24.1. The fraction of sp³-hybridized carbons (Fsp3) is 0.138. The number of aromatic nitrogens is 2. The van der Waals surface area contributed by atoms with Crippen molar-refractivity contribution in [3.63, 3.8) is 0 Å². The van der Waals surface area contributed by atoms with E-state index in [4.69, 9.17) is 5.10 Å². The molecule has 0 bridgehead atoms. The number of carbonyl (C=O) groups excluding carboxylic acids is 1. The molecule has 5 nitrogen and oxygen atoms in total. The largest absolute Gasteiger partial charge is 0.345 e. The molecule has 0 aliphatic heterocycles. The Bertz CT molecular complexity index is 1380. The minimum absolute atomic E-state index is 0.0282. The second-order valence-electron chi connectivity index (χ2n) is 8.29. The van der Waals surface area contributed by atoms with Crippen molar-refractivity contribution in [2.45, 2.75) is 26.8 Å². The third-order valence-corrected chi connectivity index (χ3v) is 5.85. The molecule has 1 heterocycles. The van der Waals surface area contributed by atoms with Crippen LogP contribution in [0.15, 0.2) is 90.6 Å². The third kappa shape index (κ3) is 4.97. The van der Waals surface area contributed by atoms with Crippen molar-refractivity contribution in [3.05, 3.63) is 113 Å². The molecule has 4 aromatic rings. The molecule has 0 unspecified atom stereocenters. The van der Waals surface area contributed by atoms with E-state index in [1.807, 2.05) is 92.8 Å². The maximum atomic E-state index is 13.0. The normalized spacial score (nSPS) is 12.1. The number of aryl methyl sites for hydroxylation is 2. The highest BCUT2D eigenvalue weighted by atomic mass is 16.1. The Morgan fingerprint density at radius 2 is 1.68 bits per heavy atom. The molecule has 0 radical (unpaired) electrons. The zero-order valence-electron chi connectivity index (χ0n) is 19.5. The van der Waals surface area contributed by atoms with Gasteiger partial charge in [0.15, 0.2) is 0 Å². The first-order valence-corrected chi connectivity index (χ1v) is 11.2. The number of nitriles is 1. The van der Waals surface area contributed by atoms with Crippen molar-refractivity contribution >= 4 is 12.0 Å². The lowest BCUT2D eigenvalue weighted by molar-refractivity contribution is -0.117. The summed E-state index contributed by atoms with van der Waals surface area (Å²) < 4.78 is 1.76. The highest BCUT2D eigenvalue weighted by Gasteiger charge is 2.17. The smallest absolute Gasteiger partial charge is 0.262 e. The fourth-order valence-corrected chi connectivity index (χ4v) is 3.72. The van der Waals surface area contributed by atoms with Crippen molar-refractivity contribution in [2.75, 3.05) is 0 Å². The lowest BCUT2D eigenvalue weighted by Gasteiger charge is -2.15. The quantitative estimate of drug-likeness (QED) is 0.294. The van der Waals surface area contributed by atoms with Crippen LogP contribution < -0.4 is 5.32 Å². The number of carbonyl (C=O) groups is 1. The van der Waals surface area contributed by atoms with Crippen LogP contribution in [0.5, 0.6) is 0 Å². The first-order valence-electron chi connectivity index (χ1n) is 11.2. The van der Waals surface area contributed by atoms with Crippen molar-refractivity contribution in [3.8, 4) is 23.0 Å². The molecule has 1 aromatic heterocycles. The Kier molecular flexibility index (Phi) is 6.70. The van der Waals surface area contributed by atoms with Gasteiger partial charge in [-0.15, -0.1) is 0 Å². The van der Waals surface area contributed by atoms with Gasteiger partial charge < -0.3 is 5.32 Å². The van der Waals surface area contributed by atoms with Crippen LogP contribution in [0.3, 0.4) is 0 Å². The van der Waals surface area contributed by atoms with Gasteiger partial charge in [0.2, 0.25) is 0 Å². The van der Waals surface area contributed by atoms with E-state index in [1.165, 1.54) is 5.56 Å². The molecule has 0 saturated heterocycles. The van der Waals surface area contributed by atoms with Gasteiger partial charge in [0, 0.05) is 17.3 Å². The van der Waals surface area contributed by atoms with Crippen LogP contribution >= 0.6 is 0 Å². The average molecular weight is 447 g/mol. The van der Waals surface area contributed by atoms with Gasteiger partial charge in [-0.3, -0.25) is 4.79 Å². The van der Waals surface area contributed by atoms with Crippen LogP contribution in [0.2, 0.25) is 0 Å². The van der Waals surface area contributed by atoms with Crippen molar-refractivity contribution in [1.29, 1.82) is 5.26 Å². The number of amides is 1. The van der Waals surface area contributed by atoms with Crippen LogP contribution in [-0.2, 0) is 4.79 Å².